The van der Waals surface area contributed by atoms with Crippen molar-refractivity contribution >= 4 is 54.3 Å². The molecule has 244 valence electrons. The number of benzene rings is 9. The van der Waals surface area contributed by atoms with Gasteiger partial charge in [0.2, 0.25) is 0 Å². The maximum absolute atomic E-state index is 6.22. The molecule has 10 aromatic rings. The topological polar surface area (TPSA) is 13.1 Å². The Morgan fingerprint density at radius 1 is 0.346 bits per heavy atom. The highest BCUT2D eigenvalue weighted by Crippen LogP contribution is 2.56. The van der Waals surface area contributed by atoms with E-state index in [-0.39, 0.29) is 5.41 Å². The van der Waals surface area contributed by atoms with Crippen molar-refractivity contribution in [3.8, 4) is 44.5 Å². The zero-order valence-electron chi connectivity index (χ0n) is 29.1. The summed E-state index contributed by atoms with van der Waals surface area (Å²) in [6, 6.07) is 62.4. The van der Waals surface area contributed by atoms with E-state index in [9.17, 15) is 0 Å². The van der Waals surface area contributed by atoms with Crippen molar-refractivity contribution in [1.82, 2.24) is 0 Å². The summed E-state index contributed by atoms with van der Waals surface area (Å²) in [7, 11) is 0. The lowest BCUT2D eigenvalue weighted by Crippen LogP contribution is -2.14. The normalized spacial score (nSPS) is 13.3. The molecule has 0 N–H and O–H groups in total. The van der Waals surface area contributed by atoms with Gasteiger partial charge < -0.3 is 4.42 Å². The van der Waals surface area contributed by atoms with Gasteiger partial charge in [0.05, 0.1) is 0 Å². The molecule has 1 heterocycles. The fraction of sp³-hybridized carbons (Fsp3) is 0.0588. The van der Waals surface area contributed by atoms with Gasteiger partial charge in [0.1, 0.15) is 11.2 Å². The second-order valence-electron chi connectivity index (χ2n) is 14.8. The Labute approximate surface area is 302 Å². The van der Waals surface area contributed by atoms with Gasteiger partial charge in [-0.1, -0.05) is 166 Å². The maximum atomic E-state index is 6.22. The number of hydrogen-bond acceptors (Lipinski definition) is 1. The van der Waals surface area contributed by atoms with Crippen molar-refractivity contribution in [2.24, 2.45) is 0 Å². The number of para-hydroxylation sites is 1. The minimum absolute atomic E-state index is 0.114. The van der Waals surface area contributed by atoms with E-state index in [1.54, 1.807) is 0 Å². The maximum Gasteiger partial charge on any atom is 0.135 e. The molecule has 0 aliphatic heterocycles. The predicted molar refractivity (Wildman–Crippen MR) is 220 cm³/mol. The summed E-state index contributed by atoms with van der Waals surface area (Å²) in [4.78, 5) is 0. The molecule has 52 heavy (non-hydrogen) atoms. The van der Waals surface area contributed by atoms with Crippen LogP contribution in [0.5, 0.6) is 0 Å². The molecule has 0 bridgehead atoms. The van der Waals surface area contributed by atoms with E-state index < -0.39 is 0 Å². The van der Waals surface area contributed by atoms with Gasteiger partial charge in [0.25, 0.3) is 0 Å². The van der Waals surface area contributed by atoms with E-state index in [0.29, 0.717) is 0 Å². The Balaban J connectivity index is 1.22. The third-order valence-corrected chi connectivity index (χ3v) is 11.7. The Morgan fingerprint density at radius 3 is 1.62 bits per heavy atom. The van der Waals surface area contributed by atoms with Crippen LogP contribution >= 0.6 is 0 Å². The third-order valence-electron chi connectivity index (χ3n) is 11.7. The summed E-state index contributed by atoms with van der Waals surface area (Å²) < 4.78 is 6.22. The minimum atomic E-state index is -0.114. The molecule has 1 aliphatic rings. The van der Waals surface area contributed by atoms with Gasteiger partial charge in [0.15, 0.2) is 0 Å². The lowest BCUT2D eigenvalue weighted by Gasteiger charge is -2.23. The predicted octanol–water partition coefficient (Wildman–Crippen LogP) is 14.4. The van der Waals surface area contributed by atoms with Crippen molar-refractivity contribution in [3.05, 3.63) is 181 Å². The van der Waals surface area contributed by atoms with E-state index in [4.69, 9.17) is 4.42 Å². The van der Waals surface area contributed by atoms with Crippen molar-refractivity contribution < 1.29 is 4.42 Å². The van der Waals surface area contributed by atoms with E-state index in [0.717, 1.165) is 21.9 Å². The minimum Gasteiger partial charge on any atom is -0.456 e. The molecular formula is C51H34O. The zero-order chi connectivity index (χ0) is 34.6. The van der Waals surface area contributed by atoms with Gasteiger partial charge in [0, 0.05) is 16.2 Å². The van der Waals surface area contributed by atoms with Crippen LogP contribution in [-0.4, -0.2) is 0 Å². The second-order valence-corrected chi connectivity index (χ2v) is 14.8. The van der Waals surface area contributed by atoms with Crippen LogP contribution in [0.2, 0.25) is 0 Å². The molecule has 0 saturated heterocycles. The first-order valence-electron chi connectivity index (χ1n) is 18.2. The van der Waals surface area contributed by atoms with E-state index in [1.807, 2.05) is 12.1 Å². The molecule has 9 aromatic carbocycles. The van der Waals surface area contributed by atoms with Gasteiger partial charge >= 0.3 is 0 Å². The molecule has 0 saturated carbocycles. The fourth-order valence-electron chi connectivity index (χ4n) is 9.31. The first-order chi connectivity index (χ1) is 25.6. The molecule has 0 unspecified atom stereocenters. The van der Waals surface area contributed by atoms with Crippen LogP contribution in [0.3, 0.4) is 0 Å². The summed E-state index contributed by atoms with van der Waals surface area (Å²) in [5.74, 6) is 0. The van der Waals surface area contributed by atoms with E-state index in [1.165, 1.54) is 88.0 Å². The molecule has 1 aromatic heterocycles. The lowest BCUT2D eigenvalue weighted by atomic mass is 9.80. The molecule has 0 spiro atoms. The molecule has 1 nitrogen and oxygen atoms in total. The Bertz CT molecular complexity index is 3040. The number of furan rings is 1. The van der Waals surface area contributed by atoms with Crippen LogP contribution in [0.25, 0.3) is 98.8 Å². The van der Waals surface area contributed by atoms with Crippen molar-refractivity contribution in [1.29, 1.82) is 0 Å². The molecule has 11 rings (SSSR count). The molecule has 0 fully saturated rings. The van der Waals surface area contributed by atoms with Gasteiger partial charge in [-0.25, -0.2) is 0 Å². The second kappa shape index (κ2) is 10.8. The third kappa shape index (κ3) is 3.99. The zero-order valence-corrected chi connectivity index (χ0v) is 29.1. The number of fused-ring (bicyclic) bond motifs is 10. The van der Waals surface area contributed by atoms with Crippen LogP contribution in [0, 0.1) is 0 Å². The van der Waals surface area contributed by atoms with Crippen molar-refractivity contribution in [3.63, 3.8) is 0 Å². The summed E-state index contributed by atoms with van der Waals surface area (Å²) in [5.41, 5.74) is 14.7. The molecule has 0 amide bonds. The Hall–Kier alpha value is -6.44. The largest absolute Gasteiger partial charge is 0.456 e. The smallest absolute Gasteiger partial charge is 0.135 e. The fourth-order valence-corrected chi connectivity index (χ4v) is 9.31. The lowest BCUT2D eigenvalue weighted by molar-refractivity contribution is 0.661. The van der Waals surface area contributed by atoms with E-state index >= 15 is 0 Å². The summed E-state index contributed by atoms with van der Waals surface area (Å²) in [6.45, 7) is 4.77. The molecule has 0 atom stereocenters. The summed E-state index contributed by atoms with van der Waals surface area (Å²) in [5, 5.41) is 9.93. The molecule has 0 radical (unpaired) electrons. The SMILES string of the molecule is CC1(C)c2cccc(-c3c4ccccc4c(-c4ccccc4-c4ccc5oc6ccccc6c5c4)c4ccccc34)c2-c2c1ccc1ccccc21. The van der Waals surface area contributed by atoms with Gasteiger partial charge in [-0.3, -0.25) is 0 Å². The number of hydrogen-bond donors (Lipinski definition) is 0. The van der Waals surface area contributed by atoms with Crippen LogP contribution in [-0.2, 0) is 5.41 Å². The average molecular weight is 663 g/mol. The highest BCUT2D eigenvalue weighted by Gasteiger charge is 2.38. The first kappa shape index (κ1) is 29.3. The first-order valence-corrected chi connectivity index (χ1v) is 18.2. The average Bonchev–Trinajstić information content (AvgIpc) is 3.68. The highest BCUT2D eigenvalue weighted by molar-refractivity contribution is 6.24. The monoisotopic (exact) mass is 662 g/mol. The Morgan fingerprint density at radius 2 is 0.885 bits per heavy atom. The quantitative estimate of drug-likeness (QED) is 0.172. The Kier molecular flexibility index (Phi) is 6.08. The highest BCUT2D eigenvalue weighted by atomic mass is 16.3. The number of rotatable bonds is 3. The molecule has 1 aliphatic carbocycles. The standard InChI is InChI=1S/C51H34O/c1-51(2)43-24-13-23-41(50(43)49-34-16-4-3-14-31(34)26-28-44(49)51)48-39-21-9-7-19-37(39)47(38-20-8-10-22-40(38)48)36-18-6-5-15-33(36)32-27-29-46-42(30-32)35-17-11-12-25-45(35)52-46/h3-30H,1-2H3. The van der Waals surface area contributed by atoms with Gasteiger partial charge in [-0.15, -0.1) is 0 Å². The van der Waals surface area contributed by atoms with Crippen molar-refractivity contribution in [2.45, 2.75) is 19.3 Å². The molecular weight excluding hydrogens is 629 g/mol. The van der Waals surface area contributed by atoms with Crippen LogP contribution < -0.4 is 0 Å². The van der Waals surface area contributed by atoms with E-state index in [2.05, 4.69) is 172 Å². The summed E-state index contributed by atoms with van der Waals surface area (Å²) >= 11 is 0. The van der Waals surface area contributed by atoms with Gasteiger partial charge in [-0.05, 0) is 106 Å². The van der Waals surface area contributed by atoms with Crippen molar-refractivity contribution in [2.75, 3.05) is 0 Å². The van der Waals surface area contributed by atoms with Crippen LogP contribution in [0.4, 0.5) is 0 Å². The summed E-state index contributed by atoms with van der Waals surface area (Å²) in [6.07, 6.45) is 0. The van der Waals surface area contributed by atoms with Crippen LogP contribution in [0.1, 0.15) is 25.0 Å². The molecule has 1 heteroatoms. The van der Waals surface area contributed by atoms with Gasteiger partial charge in [-0.2, -0.15) is 0 Å². The van der Waals surface area contributed by atoms with Crippen LogP contribution in [0.15, 0.2) is 174 Å².